The molecule has 4 rings (SSSR count). The maximum absolute atomic E-state index is 14.1. The number of nitrogens with zero attached hydrogens (tertiary/aromatic N) is 4. The predicted molar refractivity (Wildman–Crippen MR) is 87.5 cm³/mol. The van der Waals surface area contributed by atoms with Gasteiger partial charge >= 0.3 is 65.1 Å². The monoisotopic (exact) mass is 439 g/mol. The van der Waals surface area contributed by atoms with Crippen molar-refractivity contribution in [2.75, 3.05) is 5.73 Å². The minimum atomic E-state index is -3.12. The molecule has 28 heavy (non-hydrogen) atoms. The van der Waals surface area contributed by atoms with E-state index in [0.29, 0.717) is 6.42 Å². The molecule has 0 unspecified atom stereocenters. The summed E-state index contributed by atoms with van der Waals surface area (Å²) in [7, 11) is -3.12. The van der Waals surface area contributed by atoms with Gasteiger partial charge < -0.3 is 24.3 Å². The van der Waals surface area contributed by atoms with Gasteiger partial charge in [0.15, 0.2) is 5.01 Å². The fourth-order valence-corrected chi connectivity index (χ4v) is 4.02. The number of carbonyl (C=O) groups excluding carboxylic acids is 1. The van der Waals surface area contributed by atoms with Crippen LogP contribution >= 0.6 is 19.9 Å². The first-order valence-electron chi connectivity index (χ1n) is 7.30. The van der Waals surface area contributed by atoms with Crippen molar-refractivity contribution >= 4 is 43.6 Å². The Balaban J connectivity index is 0.00000140. The van der Waals surface area contributed by atoms with E-state index in [2.05, 4.69) is 15.2 Å². The molecule has 0 amide bonds. The molecule has 134 valence electrons. The first-order valence-corrected chi connectivity index (χ1v) is 9.31. The second kappa shape index (κ2) is 9.57. The molecule has 0 fully saturated rings. The van der Waals surface area contributed by atoms with Crippen molar-refractivity contribution in [1.29, 1.82) is 0 Å². The minimum Gasteiger partial charge on any atom is -0.825 e. The molecule has 0 radical (unpaired) electrons. The van der Waals surface area contributed by atoms with E-state index in [9.17, 15) is 19.0 Å². The molecule has 0 atom stereocenters. The second-order valence-corrected chi connectivity index (χ2v) is 7.11. The third kappa shape index (κ3) is 4.34. The molecule has 14 heteroatoms. The molecule has 1 aliphatic rings. The van der Waals surface area contributed by atoms with Gasteiger partial charge in [0.2, 0.25) is 5.78 Å². The van der Waals surface area contributed by atoms with Crippen LogP contribution in [0.3, 0.4) is 0 Å². The summed E-state index contributed by atoms with van der Waals surface area (Å²) in [5, 5.41) is 8.98. The Hall–Kier alpha value is -0.460. The second-order valence-electron chi connectivity index (χ2n) is 5.35. The van der Waals surface area contributed by atoms with Gasteiger partial charge in [-0.1, -0.05) is 11.2 Å². The summed E-state index contributed by atoms with van der Waals surface area (Å²) in [5.74, 6) is -1.03. The van der Waals surface area contributed by atoms with Gasteiger partial charge in [0.05, 0.1) is 10.9 Å². The summed E-state index contributed by atoms with van der Waals surface area (Å²) < 4.78 is 20.0. The molecule has 9 nitrogen and oxygen atoms in total. The number of ketones is 1. The fourth-order valence-electron chi connectivity index (χ4n) is 2.69. The van der Waals surface area contributed by atoms with Crippen molar-refractivity contribution in [3.63, 3.8) is 0 Å². The number of hydrogen-bond acceptors (Lipinski definition) is 9. The summed E-state index contributed by atoms with van der Waals surface area (Å²) in [6, 6.07) is -0.133. The van der Waals surface area contributed by atoms with Gasteiger partial charge in [-0.2, -0.15) is 8.53 Å². The number of carbonyl (C=O) groups is 1. The molecule has 3 aromatic heterocycles. The maximum Gasteiger partial charge on any atom is 1.00 e. The molecule has 3 aromatic rings. The van der Waals surface area contributed by atoms with Crippen LogP contribution in [0.5, 0.6) is 0 Å². The number of halogens is 1. The van der Waals surface area contributed by atoms with Crippen LogP contribution in [0.15, 0.2) is 16.0 Å². The largest absolute Gasteiger partial charge is 1.00 e. The number of rotatable bonds is 4. The van der Waals surface area contributed by atoms with Crippen LogP contribution in [-0.2, 0) is 0 Å². The van der Waals surface area contributed by atoms with Gasteiger partial charge in [-0.25, -0.2) is 9.37 Å². The smallest absolute Gasteiger partial charge is 0.825 e. The Morgan fingerprint density at radius 2 is 2.11 bits per heavy atom. The molecule has 2 N–H and O–H groups in total. The van der Waals surface area contributed by atoms with E-state index in [0.717, 1.165) is 21.9 Å². The third-order valence-corrected chi connectivity index (χ3v) is 5.28. The van der Waals surface area contributed by atoms with Crippen LogP contribution < -0.4 is 85.2 Å². The van der Waals surface area contributed by atoms with Gasteiger partial charge in [-0.15, -0.1) is 16.4 Å². The number of aromatic nitrogens is 4. The van der Waals surface area contributed by atoms with Crippen molar-refractivity contribution in [2.24, 2.45) is 0 Å². The molecule has 0 aliphatic heterocycles. The molecular weight excluding hydrogens is 430 g/mol. The zero-order valence-electron chi connectivity index (χ0n) is 14.9. The van der Waals surface area contributed by atoms with Crippen molar-refractivity contribution in [2.45, 2.75) is 12.8 Å². The Labute approximate surface area is 206 Å². The minimum absolute atomic E-state index is 0. The van der Waals surface area contributed by atoms with E-state index in [1.807, 2.05) is 0 Å². The zero-order chi connectivity index (χ0) is 18.4. The van der Waals surface area contributed by atoms with Crippen molar-refractivity contribution < 1.29 is 82.5 Å². The topological polar surface area (TPSA) is 146 Å². The average molecular weight is 439 g/mol. The van der Waals surface area contributed by atoms with E-state index in [-0.39, 0.29) is 104 Å². The molecule has 3 heterocycles. The molecule has 0 saturated heterocycles. The molecule has 0 spiro atoms. The Kier molecular flexibility index (Phi) is 8.14. The van der Waals surface area contributed by atoms with Crippen LogP contribution in [0.2, 0.25) is 0 Å². The number of fused-ring (bicyclic) bond motifs is 1. The summed E-state index contributed by atoms with van der Waals surface area (Å²) >= 11 is 1.02. The standard InChI is InChI=1S/C14H9FN5O4PS.2Na/c15-8-3-1-2-6-7(4-20(10(6)8)25(22)23)11(21)13-17-9(5-26-13)12-18-19-14(16)24-12;;/h2,4-5H,1,3H2,(H2,16,19);;/q-2;2*+1. The summed E-state index contributed by atoms with van der Waals surface area (Å²) in [6.07, 6.45) is 3.23. The number of anilines is 1. The quantitative estimate of drug-likeness (QED) is 0.240. The first-order chi connectivity index (χ1) is 12.5. The summed E-state index contributed by atoms with van der Waals surface area (Å²) in [4.78, 5) is 39.8. The molecular formula is C14H9FN5Na2O4PS. The summed E-state index contributed by atoms with van der Waals surface area (Å²) in [6.45, 7) is 0. The van der Waals surface area contributed by atoms with Crippen LogP contribution in [-0.4, -0.2) is 25.3 Å². The van der Waals surface area contributed by atoms with Crippen molar-refractivity contribution in [1.82, 2.24) is 19.5 Å². The van der Waals surface area contributed by atoms with E-state index in [4.69, 9.17) is 10.2 Å². The van der Waals surface area contributed by atoms with E-state index < -0.39 is 20.1 Å². The SMILES string of the molecule is Nc1nnc(-c2csc(C(=O)c3cn(P([O-])[O-])c4c3=CCCC=4F)n2)o1.[Na+].[Na+]. The van der Waals surface area contributed by atoms with Crippen LogP contribution in [0.25, 0.3) is 23.5 Å². The van der Waals surface area contributed by atoms with Crippen LogP contribution in [0.4, 0.5) is 10.4 Å². The van der Waals surface area contributed by atoms with Crippen LogP contribution in [0.1, 0.15) is 28.2 Å². The van der Waals surface area contributed by atoms with Gasteiger partial charge in [-0.3, -0.25) is 4.79 Å². The van der Waals surface area contributed by atoms with Crippen molar-refractivity contribution in [3.05, 3.63) is 32.7 Å². The molecule has 0 aromatic carbocycles. The predicted octanol–water partition coefficient (Wildman–Crippen LogP) is -6.74. The third-order valence-electron chi connectivity index (χ3n) is 3.77. The number of thiazole rings is 1. The van der Waals surface area contributed by atoms with E-state index >= 15 is 0 Å². The van der Waals surface area contributed by atoms with Gasteiger partial charge in [-0.05, 0) is 6.42 Å². The normalized spacial score (nSPS) is 12.8. The average Bonchev–Trinajstić information content (AvgIpc) is 3.31. The fraction of sp³-hybridized carbons (Fsp3) is 0.143. The van der Waals surface area contributed by atoms with Gasteiger partial charge in [0.1, 0.15) is 11.5 Å². The Bertz CT molecular complexity index is 1150. The molecule has 0 saturated carbocycles. The number of nitrogens with two attached hydrogens (primary N) is 1. The Morgan fingerprint density at radius 1 is 1.36 bits per heavy atom. The number of nitrogen functional groups attached to an aromatic ring is 1. The number of hydrogen-bond donors (Lipinski definition) is 1. The first kappa shape index (κ1) is 23.8. The van der Waals surface area contributed by atoms with Crippen LogP contribution in [0, 0.1) is 0 Å². The van der Waals surface area contributed by atoms with E-state index in [1.54, 1.807) is 6.08 Å². The van der Waals surface area contributed by atoms with Gasteiger partial charge in [0, 0.05) is 23.2 Å². The maximum atomic E-state index is 14.1. The van der Waals surface area contributed by atoms with E-state index in [1.165, 1.54) is 5.38 Å². The molecule has 1 aliphatic carbocycles. The molecule has 0 bridgehead atoms. The Morgan fingerprint density at radius 3 is 2.75 bits per heavy atom. The zero-order valence-corrected chi connectivity index (χ0v) is 20.6. The van der Waals surface area contributed by atoms with Crippen molar-refractivity contribution in [3.8, 4) is 11.6 Å². The summed E-state index contributed by atoms with van der Waals surface area (Å²) in [5.41, 5.74) is 5.70. The van der Waals surface area contributed by atoms with Gasteiger partial charge in [0.25, 0.3) is 5.89 Å².